The van der Waals surface area contributed by atoms with Crippen LogP contribution in [0.15, 0.2) is 18.2 Å². The number of hydrogen-bond donors (Lipinski definition) is 1. The summed E-state index contributed by atoms with van der Waals surface area (Å²) in [5.74, 6) is -0.0612. The number of nitrogens with one attached hydrogen (secondary N) is 1. The van der Waals surface area contributed by atoms with E-state index >= 15 is 0 Å². The highest BCUT2D eigenvalue weighted by atomic mass is 19.1. The second kappa shape index (κ2) is 5.46. The Hall–Kier alpha value is -1.53. The maximum absolute atomic E-state index is 13.6. The van der Waals surface area contributed by atoms with Gasteiger partial charge in [-0.3, -0.25) is 15.0 Å². The molecule has 6 heteroatoms. The molecule has 20 heavy (non-hydrogen) atoms. The van der Waals surface area contributed by atoms with E-state index in [-0.39, 0.29) is 0 Å². The number of hydrogen-bond acceptors (Lipinski definition) is 4. The molecule has 0 aliphatic carbocycles. The quantitative estimate of drug-likeness (QED) is 0.678. The summed E-state index contributed by atoms with van der Waals surface area (Å²) in [7, 11) is 0. The van der Waals surface area contributed by atoms with Crippen LogP contribution in [0.2, 0.25) is 0 Å². The van der Waals surface area contributed by atoms with Gasteiger partial charge in [-0.05, 0) is 36.9 Å². The normalized spacial score (nSPS) is 26.4. The fourth-order valence-electron chi connectivity index (χ4n) is 3.32. The maximum Gasteiger partial charge on any atom is 0.304 e. The number of benzene rings is 1. The molecule has 3 rings (SSSR count). The molecule has 2 heterocycles. The number of nitrogens with zero attached hydrogens (tertiary/aromatic N) is 2. The van der Waals surface area contributed by atoms with Crippen LogP contribution in [0, 0.1) is 21.8 Å². The summed E-state index contributed by atoms with van der Waals surface area (Å²) in [5.41, 5.74) is 0.345. The first-order valence-electron chi connectivity index (χ1n) is 7.02. The molecule has 0 amide bonds. The number of nitro benzene ring substituents is 1. The maximum atomic E-state index is 13.6. The van der Waals surface area contributed by atoms with Crippen LogP contribution < -0.4 is 5.32 Å². The van der Waals surface area contributed by atoms with E-state index in [4.69, 9.17) is 0 Å². The van der Waals surface area contributed by atoms with Crippen molar-refractivity contribution in [2.45, 2.75) is 25.4 Å². The van der Waals surface area contributed by atoms with E-state index in [1.165, 1.54) is 25.0 Å². The van der Waals surface area contributed by atoms with Crippen molar-refractivity contribution in [2.75, 3.05) is 19.6 Å². The lowest BCUT2D eigenvalue weighted by Crippen LogP contribution is -2.40. The Morgan fingerprint density at radius 3 is 3.00 bits per heavy atom. The molecule has 2 fully saturated rings. The predicted octanol–water partition coefficient (Wildman–Crippen LogP) is 1.92. The van der Waals surface area contributed by atoms with Crippen molar-refractivity contribution >= 4 is 5.69 Å². The van der Waals surface area contributed by atoms with Crippen LogP contribution in [0.3, 0.4) is 0 Å². The van der Waals surface area contributed by atoms with E-state index in [0.29, 0.717) is 18.5 Å². The minimum absolute atomic E-state index is 0.453. The topological polar surface area (TPSA) is 58.4 Å². The van der Waals surface area contributed by atoms with E-state index in [1.807, 2.05) is 0 Å². The van der Waals surface area contributed by atoms with Gasteiger partial charge in [-0.2, -0.15) is 4.39 Å². The van der Waals surface area contributed by atoms with Gasteiger partial charge in [0.25, 0.3) is 0 Å². The highest BCUT2D eigenvalue weighted by molar-refractivity contribution is 5.35. The smallest absolute Gasteiger partial charge is 0.304 e. The van der Waals surface area contributed by atoms with Gasteiger partial charge in [0.05, 0.1) is 4.92 Å². The first-order chi connectivity index (χ1) is 9.63. The Bertz CT molecular complexity index is 509. The Kier molecular flexibility index (Phi) is 3.67. The fraction of sp³-hybridized carbons (Fsp3) is 0.571. The van der Waals surface area contributed by atoms with E-state index in [9.17, 15) is 14.5 Å². The standard InChI is InChI=1S/C14H18FN3O2/c15-12-6-10(3-4-14(12)18(19)20)7-17-8-11-2-1-5-16-13(11)9-17/h3-4,6,11,13,16H,1-2,5,7-9H2. The lowest BCUT2D eigenvalue weighted by molar-refractivity contribution is -0.387. The van der Waals surface area contributed by atoms with Crippen molar-refractivity contribution in [1.82, 2.24) is 10.2 Å². The van der Waals surface area contributed by atoms with Crippen molar-refractivity contribution in [3.05, 3.63) is 39.7 Å². The van der Waals surface area contributed by atoms with Crippen LogP contribution in [0.1, 0.15) is 18.4 Å². The Labute approximate surface area is 116 Å². The fourth-order valence-corrected chi connectivity index (χ4v) is 3.32. The summed E-state index contributed by atoms with van der Waals surface area (Å²) in [6, 6.07) is 4.74. The van der Waals surface area contributed by atoms with Crippen molar-refractivity contribution in [2.24, 2.45) is 5.92 Å². The average Bonchev–Trinajstić information content (AvgIpc) is 2.80. The first-order valence-corrected chi connectivity index (χ1v) is 7.02. The molecule has 0 aromatic heterocycles. The first kappa shape index (κ1) is 13.5. The summed E-state index contributed by atoms with van der Waals surface area (Å²) in [6.45, 7) is 3.74. The van der Waals surface area contributed by atoms with Gasteiger partial charge < -0.3 is 5.32 Å². The molecular formula is C14H18FN3O2. The largest absolute Gasteiger partial charge is 0.312 e. The molecular weight excluding hydrogens is 261 g/mol. The van der Waals surface area contributed by atoms with Crippen LogP contribution in [-0.4, -0.2) is 35.5 Å². The third-order valence-corrected chi connectivity index (χ3v) is 4.29. The lowest BCUT2D eigenvalue weighted by Gasteiger charge is -2.24. The van der Waals surface area contributed by atoms with Crippen molar-refractivity contribution in [3.63, 3.8) is 0 Å². The molecule has 0 bridgehead atoms. The second-order valence-electron chi connectivity index (χ2n) is 5.70. The molecule has 108 valence electrons. The molecule has 2 aliphatic heterocycles. The average molecular weight is 279 g/mol. The Morgan fingerprint density at radius 1 is 1.45 bits per heavy atom. The third kappa shape index (κ3) is 2.66. The molecule has 2 saturated heterocycles. The lowest BCUT2D eigenvalue weighted by atomic mass is 9.94. The van der Waals surface area contributed by atoms with Gasteiger partial charge in [0.1, 0.15) is 0 Å². The molecule has 0 radical (unpaired) electrons. The van der Waals surface area contributed by atoms with Crippen LogP contribution >= 0.6 is 0 Å². The molecule has 2 aliphatic rings. The number of halogens is 1. The highest BCUT2D eigenvalue weighted by Crippen LogP contribution is 2.27. The Morgan fingerprint density at radius 2 is 2.30 bits per heavy atom. The SMILES string of the molecule is O=[N+]([O-])c1ccc(CN2CC3CCCNC3C2)cc1F. The zero-order valence-corrected chi connectivity index (χ0v) is 11.2. The Balaban J connectivity index is 1.66. The number of nitro groups is 1. The van der Waals surface area contributed by atoms with Gasteiger partial charge in [-0.25, -0.2) is 0 Å². The van der Waals surface area contributed by atoms with Crippen molar-refractivity contribution in [1.29, 1.82) is 0 Å². The van der Waals surface area contributed by atoms with Gasteiger partial charge in [0.15, 0.2) is 0 Å². The van der Waals surface area contributed by atoms with E-state index < -0.39 is 16.4 Å². The van der Waals surface area contributed by atoms with Gasteiger partial charge in [0, 0.05) is 31.7 Å². The number of fused-ring (bicyclic) bond motifs is 1. The van der Waals surface area contributed by atoms with E-state index in [1.54, 1.807) is 6.07 Å². The summed E-state index contributed by atoms with van der Waals surface area (Å²) >= 11 is 0. The minimum Gasteiger partial charge on any atom is -0.312 e. The molecule has 1 aromatic rings. The zero-order valence-electron chi connectivity index (χ0n) is 11.2. The van der Waals surface area contributed by atoms with Crippen molar-refractivity contribution in [3.8, 4) is 0 Å². The van der Waals surface area contributed by atoms with Crippen LogP contribution in [0.25, 0.3) is 0 Å². The van der Waals surface area contributed by atoms with Gasteiger partial charge in [0.2, 0.25) is 5.82 Å². The van der Waals surface area contributed by atoms with Crippen molar-refractivity contribution < 1.29 is 9.31 Å². The van der Waals surface area contributed by atoms with Crippen LogP contribution in [0.5, 0.6) is 0 Å². The summed E-state index contributed by atoms with van der Waals surface area (Å²) in [4.78, 5) is 12.2. The van der Waals surface area contributed by atoms with Gasteiger partial charge in [-0.15, -0.1) is 0 Å². The molecule has 1 N–H and O–H groups in total. The molecule has 0 saturated carbocycles. The summed E-state index contributed by atoms with van der Waals surface area (Å²) < 4.78 is 13.6. The number of likely N-dealkylation sites (tertiary alicyclic amines) is 1. The number of rotatable bonds is 3. The van der Waals surface area contributed by atoms with Crippen LogP contribution in [-0.2, 0) is 6.54 Å². The van der Waals surface area contributed by atoms with E-state index in [2.05, 4.69) is 10.2 Å². The minimum atomic E-state index is -0.748. The zero-order chi connectivity index (χ0) is 14.1. The summed E-state index contributed by atoms with van der Waals surface area (Å²) in [5, 5.41) is 14.1. The van der Waals surface area contributed by atoms with Gasteiger partial charge in [-0.1, -0.05) is 6.07 Å². The highest BCUT2D eigenvalue weighted by Gasteiger charge is 2.34. The predicted molar refractivity (Wildman–Crippen MR) is 72.8 cm³/mol. The third-order valence-electron chi connectivity index (χ3n) is 4.29. The van der Waals surface area contributed by atoms with Crippen LogP contribution in [0.4, 0.5) is 10.1 Å². The molecule has 0 spiro atoms. The molecule has 5 nitrogen and oxygen atoms in total. The van der Waals surface area contributed by atoms with Gasteiger partial charge >= 0.3 is 5.69 Å². The number of piperidine rings is 1. The summed E-state index contributed by atoms with van der Waals surface area (Å²) in [6.07, 6.45) is 2.48. The second-order valence-corrected chi connectivity index (χ2v) is 5.70. The monoisotopic (exact) mass is 279 g/mol. The van der Waals surface area contributed by atoms with E-state index in [0.717, 1.165) is 25.2 Å². The molecule has 1 aromatic carbocycles. The molecule has 2 atom stereocenters. The molecule has 2 unspecified atom stereocenters.